The Labute approximate surface area is 151 Å². The first-order chi connectivity index (χ1) is 12.5. The molecule has 0 saturated heterocycles. The number of para-hydroxylation sites is 1. The van der Waals surface area contributed by atoms with Crippen molar-refractivity contribution in [2.75, 3.05) is 14.2 Å². The summed E-state index contributed by atoms with van der Waals surface area (Å²) < 4.78 is 10.5. The maximum absolute atomic E-state index is 12.2. The highest BCUT2D eigenvalue weighted by atomic mass is 16.6. The number of amides is 1. The lowest BCUT2D eigenvalue weighted by atomic mass is 10.1. The minimum absolute atomic E-state index is 0.0564. The number of methoxy groups -OCH3 is 2. The van der Waals surface area contributed by atoms with E-state index >= 15 is 0 Å². The monoisotopic (exact) mass is 356 g/mol. The van der Waals surface area contributed by atoms with Gasteiger partial charge in [0.25, 0.3) is 5.69 Å². The van der Waals surface area contributed by atoms with E-state index in [1.165, 1.54) is 18.2 Å². The molecule has 2 aromatic carbocycles. The zero-order chi connectivity index (χ0) is 19.1. The van der Waals surface area contributed by atoms with Crippen molar-refractivity contribution in [2.45, 2.75) is 13.0 Å². The third-order valence-electron chi connectivity index (χ3n) is 3.81. The van der Waals surface area contributed by atoms with Gasteiger partial charge in [-0.25, -0.2) is 0 Å². The number of benzene rings is 2. The number of nitrogens with one attached hydrogen (secondary N) is 1. The van der Waals surface area contributed by atoms with Crippen LogP contribution in [-0.2, 0) is 4.79 Å². The summed E-state index contributed by atoms with van der Waals surface area (Å²) in [6.45, 7) is 1.81. The molecule has 136 valence electrons. The highest BCUT2D eigenvalue weighted by molar-refractivity contribution is 5.92. The topological polar surface area (TPSA) is 90.7 Å². The van der Waals surface area contributed by atoms with Gasteiger partial charge >= 0.3 is 0 Å². The van der Waals surface area contributed by atoms with Crippen molar-refractivity contribution >= 4 is 17.7 Å². The molecule has 26 heavy (non-hydrogen) atoms. The molecule has 0 unspecified atom stereocenters. The molecule has 0 aliphatic carbocycles. The van der Waals surface area contributed by atoms with Crippen LogP contribution in [0, 0.1) is 10.1 Å². The van der Waals surface area contributed by atoms with Crippen molar-refractivity contribution < 1.29 is 19.2 Å². The largest absolute Gasteiger partial charge is 0.497 e. The number of hydrogen-bond acceptors (Lipinski definition) is 5. The van der Waals surface area contributed by atoms with E-state index in [1.54, 1.807) is 50.6 Å². The van der Waals surface area contributed by atoms with Gasteiger partial charge in [0.05, 0.1) is 30.7 Å². The molecular weight excluding hydrogens is 336 g/mol. The molecular formula is C19H20N2O5. The Hall–Kier alpha value is -3.35. The molecule has 0 radical (unpaired) electrons. The van der Waals surface area contributed by atoms with Gasteiger partial charge in [0.1, 0.15) is 11.5 Å². The molecule has 0 aliphatic rings. The summed E-state index contributed by atoms with van der Waals surface area (Å²) in [4.78, 5) is 22.7. The van der Waals surface area contributed by atoms with E-state index in [-0.39, 0.29) is 17.6 Å². The Morgan fingerprint density at radius 1 is 1.19 bits per heavy atom. The first kappa shape index (κ1) is 19.0. The van der Waals surface area contributed by atoms with Gasteiger partial charge in [-0.2, -0.15) is 0 Å². The zero-order valence-electron chi connectivity index (χ0n) is 14.8. The number of nitro groups is 1. The number of rotatable bonds is 7. The molecule has 2 aromatic rings. The Morgan fingerprint density at radius 3 is 2.58 bits per heavy atom. The van der Waals surface area contributed by atoms with Crippen LogP contribution in [0.1, 0.15) is 24.1 Å². The van der Waals surface area contributed by atoms with Gasteiger partial charge in [-0.3, -0.25) is 14.9 Å². The van der Waals surface area contributed by atoms with Crippen LogP contribution in [0.25, 0.3) is 6.08 Å². The van der Waals surface area contributed by atoms with Crippen molar-refractivity contribution in [1.29, 1.82) is 0 Å². The number of ether oxygens (including phenoxy) is 2. The Kier molecular flexibility index (Phi) is 6.32. The second-order valence-corrected chi connectivity index (χ2v) is 5.49. The Morgan fingerprint density at radius 2 is 1.92 bits per heavy atom. The van der Waals surface area contributed by atoms with Gasteiger partial charge < -0.3 is 14.8 Å². The molecule has 0 fully saturated rings. The summed E-state index contributed by atoms with van der Waals surface area (Å²) in [5, 5.41) is 13.8. The lowest BCUT2D eigenvalue weighted by molar-refractivity contribution is -0.385. The molecule has 7 heteroatoms. The fourth-order valence-electron chi connectivity index (χ4n) is 2.48. The molecule has 0 spiro atoms. The molecule has 0 aliphatic heterocycles. The fourth-order valence-corrected chi connectivity index (χ4v) is 2.48. The predicted octanol–water partition coefficient (Wildman–Crippen LogP) is 3.50. The van der Waals surface area contributed by atoms with Crippen molar-refractivity contribution in [3.8, 4) is 11.5 Å². The molecule has 7 nitrogen and oxygen atoms in total. The smallest absolute Gasteiger partial charge is 0.276 e. The van der Waals surface area contributed by atoms with Gasteiger partial charge in [-0.1, -0.05) is 12.1 Å². The molecule has 1 N–H and O–H groups in total. The minimum Gasteiger partial charge on any atom is -0.497 e. The quantitative estimate of drug-likeness (QED) is 0.466. The predicted molar refractivity (Wildman–Crippen MR) is 98.2 cm³/mol. The summed E-state index contributed by atoms with van der Waals surface area (Å²) in [5.74, 6) is 0.902. The standard InChI is InChI=1S/C19H20N2O5/c1-13(16-12-15(25-2)9-10-18(16)26-3)20-19(22)11-8-14-6-4-5-7-17(14)21(23)24/h4-13H,1-3H3,(H,20,22)/b11-8+/t13-/m1/s1. The summed E-state index contributed by atoms with van der Waals surface area (Å²) in [7, 11) is 3.11. The van der Waals surface area contributed by atoms with Crippen LogP contribution in [0.3, 0.4) is 0 Å². The van der Waals surface area contributed by atoms with Crippen molar-refractivity contribution in [3.63, 3.8) is 0 Å². The lowest BCUT2D eigenvalue weighted by Gasteiger charge is -2.17. The van der Waals surface area contributed by atoms with E-state index < -0.39 is 4.92 Å². The number of hydrogen-bond donors (Lipinski definition) is 1. The number of carbonyl (C=O) groups excluding carboxylic acids is 1. The van der Waals surface area contributed by atoms with E-state index in [0.717, 1.165) is 5.56 Å². The van der Waals surface area contributed by atoms with Gasteiger partial charge in [-0.15, -0.1) is 0 Å². The van der Waals surface area contributed by atoms with Crippen LogP contribution in [0.4, 0.5) is 5.69 Å². The maximum Gasteiger partial charge on any atom is 0.276 e. The van der Waals surface area contributed by atoms with Crippen LogP contribution in [-0.4, -0.2) is 25.1 Å². The Bertz CT molecular complexity index is 832. The average molecular weight is 356 g/mol. The number of nitrogens with zero attached hydrogens (tertiary/aromatic N) is 1. The SMILES string of the molecule is COc1ccc(OC)c([C@@H](C)NC(=O)/C=C/c2ccccc2[N+](=O)[O-])c1. The van der Waals surface area contributed by atoms with Crippen molar-refractivity contribution in [2.24, 2.45) is 0 Å². The molecule has 0 saturated carbocycles. The summed E-state index contributed by atoms with van der Waals surface area (Å²) in [6, 6.07) is 11.2. The van der Waals surface area contributed by atoms with Gasteiger partial charge in [0.2, 0.25) is 5.91 Å². The maximum atomic E-state index is 12.2. The first-order valence-electron chi connectivity index (χ1n) is 7.90. The van der Waals surface area contributed by atoms with Crippen molar-refractivity contribution in [1.82, 2.24) is 5.32 Å². The van der Waals surface area contributed by atoms with Crippen LogP contribution in [0.5, 0.6) is 11.5 Å². The second kappa shape index (κ2) is 8.66. The number of nitro benzene ring substituents is 1. The number of carbonyl (C=O) groups is 1. The van der Waals surface area contributed by atoms with Crippen molar-refractivity contribution in [3.05, 3.63) is 69.8 Å². The summed E-state index contributed by atoms with van der Waals surface area (Å²) >= 11 is 0. The molecule has 2 rings (SSSR count). The zero-order valence-corrected chi connectivity index (χ0v) is 14.8. The highest BCUT2D eigenvalue weighted by Crippen LogP contribution is 2.29. The second-order valence-electron chi connectivity index (χ2n) is 5.49. The van der Waals surface area contributed by atoms with Crippen LogP contribution in [0.15, 0.2) is 48.5 Å². The Balaban J connectivity index is 2.14. The van der Waals surface area contributed by atoms with Crippen LogP contribution >= 0.6 is 0 Å². The minimum atomic E-state index is -0.485. The van der Waals surface area contributed by atoms with E-state index in [9.17, 15) is 14.9 Å². The van der Waals surface area contributed by atoms with Crippen LogP contribution in [0.2, 0.25) is 0 Å². The van der Waals surface area contributed by atoms with Gasteiger partial charge in [0, 0.05) is 17.7 Å². The van der Waals surface area contributed by atoms with Gasteiger partial charge in [0.15, 0.2) is 0 Å². The molecule has 1 atom stereocenters. The highest BCUT2D eigenvalue weighted by Gasteiger charge is 2.15. The molecule has 0 aromatic heterocycles. The molecule has 1 amide bonds. The third kappa shape index (κ3) is 4.60. The summed E-state index contributed by atoms with van der Waals surface area (Å²) in [6.07, 6.45) is 2.69. The summed E-state index contributed by atoms with van der Waals surface area (Å²) in [5.41, 5.74) is 1.07. The normalized spacial score (nSPS) is 11.8. The first-order valence-corrected chi connectivity index (χ1v) is 7.90. The third-order valence-corrected chi connectivity index (χ3v) is 3.81. The van der Waals surface area contributed by atoms with E-state index in [0.29, 0.717) is 17.1 Å². The van der Waals surface area contributed by atoms with E-state index in [2.05, 4.69) is 5.32 Å². The molecule has 0 heterocycles. The van der Waals surface area contributed by atoms with Crippen LogP contribution < -0.4 is 14.8 Å². The molecule has 0 bridgehead atoms. The fraction of sp³-hybridized carbons (Fsp3) is 0.211. The lowest BCUT2D eigenvalue weighted by Crippen LogP contribution is -2.25. The van der Waals surface area contributed by atoms with E-state index in [4.69, 9.17) is 9.47 Å². The van der Waals surface area contributed by atoms with E-state index in [1.807, 2.05) is 6.92 Å². The van der Waals surface area contributed by atoms with Gasteiger partial charge in [-0.05, 0) is 37.3 Å². The average Bonchev–Trinajstić information content (AvgIpc) is 2.65.